The average molecular weight is 128 g/mol. The van der Waals surface area contributed by atoms with Crippen LogP contribution >= 0.6 is 8.15 Å². The minimum absolute atomic E-state index is 0.437. The second-order valence-electron chi connectivity index (χ2n) is 0.912. The van der Waals surface area contributed by atoms with Crippen molar-refractivity contribution < 1.29 is 4.52 Å². The molecule has 0 saturated carbocycles. The predicted octanol–water partition coefficient (Wildman–Crippen LogP) is 1.38. The van der Waals surface area contributed by atoms with Gasteiger partial charge in [0.2, 0.25) is 8.15 Å². The molecule has 3 nitrogen and oxygen atoms in total. The van der Waals surface area contributed by atoms with E-state index in [-0.39, 0.29) is 0 Å². The molecule has 42 valence electrons. The van der Waals surface area contributed by atoms with Crippen molar-refractivity contribution in [2.75, 3.05) is 6.61 Å². The number of hydrogen-bond donors (Lipinski definition) is 0. The van der Waals surface area contributed by atoms with Crippen LogP contribution in [-0.4, -0.2) is 6.61 Å². The summed E-state index contributed by atoms with van der Waals surface area (Å²) in [6.45, 7) is 2.19. The van der Waals surface area contributed by atoms with Crippen LogP contribution < -0.4 is 0 Å². The molecule has 0 atom stereocenters. The molecule has 8 heavy (non-hydrogen) atoms. The Labute approximate surface area is 49.3 Å². The molecule has 0 aromatic rings. The zero-order valence-electron chi connectivity index (χ0n) is 4.46. The lowest BCUT2D eigenvalue weighted by Gasteiger charge is -1.93. The standard InChI is InChI=1S/C4H5N2OP/c1-2-7-8(3-5)4-6/h2H2,1H3. The number of nitrogens with zero attached hydrogens (tertiary/aromatic N) is 2. The maximum Gasteiger partial charge on any atom is 0.246 e. The molecule has 0 aliphatic rings. The van der Waals surface area contributed by atoms with Gasteiger partial charge < -0.3 is 4.52 Å². The molecule has 0 rings (SSSR count). The van der Waals surface area contributed by atoms with Gasteiger partial charge >= 0.3 is 0 Å². The molecule has 0 spiro atoms. The van der Waals surface area contributed by atoms with Crippen molar-refractivity contribution >= 4 is 8.15 Å². The molecule has 0 aliphatic carbocycles. The Morgan fingerprint density at radius 2 is 2.00 bits per heavy atom. The van der Waals surface area contributed by atoms with E-state index in [1.807, 2.05) is 0 Å². The van der Waals surface area contributed by atoms with E-state index >= 15 is 0 Å². The molecule has 0 fully saturated rings. The number of nitriles is 2. The van der Waals surface area contributed by atoms with Gasteiger partial charge in [-0.2, -0.15) is 10.5 Å². The average Bonchev–Trinajstić information content (AvgIpc) is 1.83. The number of hydrogen-bond acceptors (Lipinski definition) is 3. The Bertz CT molecular complexity index is 120. The Morgan fingerprint density at radius 1 is 1.50 bits per heavy atom. The zero-order chi connectivity index (χ0) is 6.41. The van der Waals surface area contributed by atoms with Crippen LogP contribution in [0.3, 0.4) is 0 Å². The third kappa shape index (κ3) is 2.53. The highest BCUT2D eigenvalue weighted by Gasteiger charge is 2.01. The van der Waals surface area contributed by atoms with Crippen molar-refractivity contribution in [3.8, 4) is 11.6 Å². The maximum atomic E-state index is 8.09. The molecule has 0 unspecified atom stereocenters. The van der Waals surface area contributed by atoms with Gasteiger partial charge in [0, 0.05) is 0 Å². The molecule has 0 aliphatic heterocycles. The van der Waals surface area contributed by atoms with E-state index < -0.39 is 8.15 Å². The van der Waals surface area contributed by atoms with E-state index in [0.717, 1.165) is 0 Å². The summed E-state index contributed by atoms with van der Waals surface area (Å²) >= 11 is 0. The van der Waals surface area contributed by atoms with Gasteiger partial charge in [-0.3, -0.25) is 0 Å². The highest BCUT2D eigenvalue weighted by Crippen LogP contribution is 2.31. The van der Waals surface area contributed by atoms with Gasteiger partial charge in [0.1, 0.15) is 11.6 Å². The van der Waals surface area contributed by atoms with Gasteiger partial charge in [-0.25, -0.2) is 0 Å². The summed E-state index contributed by atoms with van der Waals surface area (Å²) < 4.78 is 4.68. The van der Waals surface area contributed by atoms with Crippen LogP contribution in [0.2, 0.25) is 0 Å². The van der Waals surface area contributed by atoms with Crippen LogP contribution in [0.25, 0.3) is 0 Å². The van der Waals surface area contributed by atoms with Crippen LogP contribution in [-0.2, 0) is 4.52 Å². The molecule has 0 saturated heterocycles. The van der Waals surface area contributed by atoms with Crippen molar-refractivity contribution in [1.82, 2.24) is 0 Å². The molecule has 0 aromatic carbocycles. The van der Waals surface area contributed by atoms with Crippen LogP contribution in [0.4, 0.5) is 0 Å². The molecule has 0 N–H and O–H groups in total. The second kappa shape index (κ2) is 4.53. The predicted molar refractivity (Wildman–Crippen MR) is 29.8 cm³/mol. The third-order valence-corrected chi connectivity index (χ3v) is 1.32. The Hall–Kier alpha value is -0.630. The van der Waals surface area contributed by atoms with Gasteiger partial charge in [-0.05, 0) is 6.92 Å². The largest absolute Gasteiger partial charge is 0.334 e. The van der Waals surface area contributed by atoms with E-state index in [2.05, 4.69) is 4.52 Å². The molecular formula is C4H5N2OP. The first-order valence-electron chi connectivity index (χ1n) is 2.07. The van der Waals surface area contributed by atoms with Crippen LogP contribution in [0.1, 0.15) is 6.92 Å². The van der Waals surface area contributed by atoms with E-state index in [9.17, 15) is 0 Å². The summed E-state index contributed by atoms with van der Waals surface area (Å²) in [7, 11) is -1.45. The van der Waals surface area contributed by atoms with Crippen LogP contribution in [0.15, 0.2) is 0 Å². The van der Waals surface area contributed by atoms with Crippen molar-refractivity contribution in [3.05, 3.63) is 0 Å². The fourth-order valence-electron chi connectivity index (χ4n) is 0.209. The number of rotatable bonds is 2. The smallest absolute Gasteiger partial charge is 0.246 e. The lowest BCUT2D eigenvalue weighted by Crippen LogP contribution is -1.76. The summed E-state index contributed by atoms with van der Waals surface area (Å²) in [5, 5.41) is 16.2. The van der Waals surface area contributed by atoms with E-state index in [1.54, 1.807) is 18.5 Å². The minimum Gasteiger partial charge on any atom is -0.334 e. The highest BCUT2D eigenvalue weighted by molar-refractivity contribution is 7.62. The van der Waals surface area contributed by atoms with Gasteiger partial charge in [0.05, 0.1) is 6.61 Å². The first-order valence-corrected chi connectivity index (χ1v) is 3.33. The minimum atomic E-state index is -1.45. The molecule has 0 aromatic heterocycles. The zero-order valence-corrected chi connectivity index (χ0v) is 5.35. The van der Waals surface area contributed by atoms with E-state index in [1.165, 1.54) is 0 Å². The lowest BCUT2D eigenvalue weighted by atomic mass is 10.9. The maximum absolute atomic E-state index is 8.09. The van der Waals surface area contributed by atoms with Crippen molar-refractivity contribution in [2.24, 2.45) is 0 Å². The van der Waals surface area contributed by atoms with Gasteiger partial charge in [0.25, 0.3) is 0 Å². The first-order chi connectivity index (χ1) is 3.85. The summed E-state index contributed by atoms with van der Waals surface area (Å²) in [6.07, 6.45) is 0. The summed E-state index contributed by atoms with van der Waals surface area (Å²) in [5.41, 5.74) is 0. The summed E-state index contributed by atoms with van der Waals surface area (Å²) in [5.74, 6) is 3.47. The quantitative estimate of drug-likeness (QED) is 0.528. The fraction of sp³-hybridized carbons (Fsp3) is 0.500. The van der Waals surface area contributed by atoms with Crippen LogP contribution in [0.5, 0.6) is 0 Å². The third-order valence-electron chi connectivity index (χ3n) is 0.440. The SMILES string of the molecule is CCOP(C#N)C#N. The normalized spacial score (nSPS) is 8.00. The highest BCUT2D eigenvalue weighted by atomic mass is 31.1. The molecule has 4 heteroatoms. The monoisotopic (exact) mass is 128 g/mol. The van der Waals surface area contributed by atoms with Gasteiger partial charge in [-0.15, -0.1) is 0 Å². The van der Waals surface area contributed by atoms with Gasteiger partial charge in [0.15, 0.2) is 0 Å². The molecule has 0 heterocycles. The molecular weight excluding hydrogens is 123 g/mol. The van der Waals surface area contributed by atoms with Gasteiger partial charge in [-0.1, -0.05) is 0 Å². The molecule has 0 radical (unpaired) electrons. The molecule has 0 bridgehead atoms. The Kier molecular flexibility index (Phi) is 4.17. The second-order valence-corrected chi connectivity index (χ2v) is 2.16. The van der Waals surface area contributed by atoms with Crippen molar-refractivity contribution in [3.63, 3.8) is 0 Å². The lowest BCUT2D eigenvalue weighted by molar-refractivity contribution is 0.388. The van der Waals surface area contributed by atoms with E-state index in [4.69, 9.17) is 10.5 Å². The fourth-order valence-corrected chi connectivity index (χ4v) is 0.628. The first kappa shape index (κ1) is 7.37. The Balaban J connectivity index is 3.46. The summed E-state index contributed by atoms with van der Waals surface area (Å²) in [6, 6.07) is 0. The van der Waals surface area contributed by atoms with E-state index in [0.29, 0.717) is 6.61 Å². The van der Waals surface area contributed by atoms with Crippen molar-refractivity contribution in [1.29, 1.82) is 10.5 Å². The molecule has 0 amide bonds. The summed E-state index contributed by atoms with van der Waals surface area (Å²) in [4.78, 5) is 0. The Morgan fingerprint density at radius 3 is 2.12 bits per heavy atom. The topological polar surface area (TPSA) is 56.8 Å². The van der Waals surface area contributed by atoms with Crippen LogP contribution in [0, 0.1) is 22.1 Å². The van der Waals surface area contributed by atoms with Crippen molar-refractivity contribution in [2.45, 2.75) is 6.92 Å².